The number of rotatable bonds is 5. The van der Waals surface area contributed by atoms with Crippen LogP contribution in [-0.2, 0) is 6.42 Å². The van der Waals surface area contributed by atoms with Gasteiger partial charge in [0.1, 0.15) is 11.6 Å². The van der Waals surface area contributed by atoms with Crippen LogP contribution >= 0.6 is 15.9 Å². The number of nitrogens with one attached hydrogen (secondary N) is 1. The molecule has 0 saturated carbocycles. The summed E-state index contributed by atoms with van der Waals surface area (Å²) >= 11 is 3.44. The first-order chi connectivity index (χ1) is 8.79. The first kappa shape index (κ1) is 13.0. The van der Waals surface area contributed by atoms with Gasteiger partial charge in [-0.25, -0.2) is 9.97 Å². The Morgan fingerprint density at radius 2 is 2.17 bits per heavy atom. The van der Waals surface area contributed by atoms with Crippen molar-refractivity contribution in [3.63, 3.8) is 0 Å². The molecular formula is C13H15BrN4. The van der Waals surface area contributed by atoms with Gasteiger partial charge in [0.15, 0.2) is 0 Å². The SMILES string of the molecule is CCCNc1nc(Cc2ccccn2)ncc1Br. The van der Waals surface area contributed by atoms with E-state index in [9.17, 15) is 0 Å². The first-order valence-electron chi connectivity index (χ1n) is 5.94. The van der Waals surface area contributed by atoms with E-state index in [1.165, 1.54) is 0 Å². The van der Waals surface area contributed by atoms with Crippen LogP contribution in [0.1, 0.15) is 24.9 Å². The largest absolute Gasteiger partial charge is 0.369 e. The molecule has 0 aliphatic rings. The lowest BCUT2D eigenvalue weighted by Gasteiger charge is -2.07. The minimum atomic E-state index is 0.648. The summed E-state index contributed by atoms with van der Waals surface area (Å²) in [5, 5.41) is 3.27. The number of hydrogen-bond acceptors (Lipinski definition) is 4. The number of pyridine rings is 1. The van der Waals surface area contributed by atoms with Gasteiger partial charge in [-0.05, 0) is 34.5 Å². The summed E-state index contributed by atoms with van der Waals surface area (Å²) in [5.41, 5.74) is 0.973. The number of aromatic nitrogens is 3. The second-order valence-corrected chi connectivity index (χ2v) is 4.76. The summed E-state index contributed by atoms with van der Waals surface area (Å²) in [6, 6.07) is 5.85. The molecule has 94 valence electrons. The van der Waals surface area contributed by atoms with Crippen molar-refractivity contribution in [3.8, 4) is 0 Å². The van der Waals surface area contributed by atoms with Crippen LogP contribution in [0.2, 0.25) is 0 Å². The normalized spacial score (nSPS) is 10.3. The van der Waals surface area contributed by atoms with Gasteiger partial charge < -0.3 is 5.32 Å². The fraction of sp³-hybridized carbons (Fsp3) is 0.308. The van der Waals surface area contributed by atoms with Crippen LogP contribution in [0.4, 0.5) is 5.82 Å². The molecule has 18 heavy (non-hydrogen) atoms. The lowest BCUT2D eigenvalue weighted by molar-refractivity contribution is 0.911. The van der Waals surface area contributed by atoms with Gasteiger partial charge in [-0.3, -0.25) is 4.98 Å². The van der Waals surface area contributed by atoms with E-state index in [-0.39, 0.29) is 0 Å². The fourth-order valence-electron chi connectivity index (χ4n) is 1.52. The quantitative estimate of drug-likeness (QED) is 0.922. The van der Waals surface area contributed by atoms with E-state index in [0.717, 1.165) is 34.8 Å². The first-order valence-corrected chi connectivity index (χ1v) is 6.74. The molecule has 0 aliphatic carbocycles. The van der Waals surface area contributed by atoms with Crippen molar-refractivity contribution < 1.29 is 0 Å². The van der Waals surface area contributed by atoms with Crippen molar-refractivity contribution in [2.24, 2.45) is 0 Å². The van der Waals surface area contributed by atoms with Crippen LogP contribution in [-0.4, -0.2) is 21.5 Å². The molecule has 1 N–H and O–H groups in total. The van der Waals surface area contributed by atoms with Crippen LogP contribution in [0.15, 0.2) is 35.1 Å². The predicted octanol–water partition coefficient (Wildman–Crippen LogP) is 3.05. The maximum absolute atomic E-state index is 4.50. The van der Waals surface area contributed by atoms with Gasteiger partial charge in [0.2, 0.25) is 0 Å². The van der Waals surface area contributed by atoms with E-state index >= 15 is 0 Å². The Hall–Kier alpha value is -1.49. The molecule has 2 heterocycles. The second-order valence-electron chi connectivity index (χ2n) is 3.91. The fourth-order valence-corrected chi connectivity index (χ4v) is 1.85. The summed E-state index contributed by atoms with van der Waals surface area (Å²) in [6.45, 7) is 3.02. The molecule has 0 atom stereocenters. The van der Waals surface area contributed by atoms with Crippen LogP contribution in [0, 0.1) is 0 Å². The molecule has 0 aliphatic heterocycles. The minimum absolute atomic E-state index is 0.648. The third kappa shape index (κ3) is 3.50. The number of hydrogen-bond donors (Lipinski definition) is 1. The van der Waals surface area contributed by atoms with Crippen LogP contribution in [0.3, 0.4) is 0 Å². The average molecular weight is 307 g/mol. The molecule has 2 aromatic rings. The molecule has 4 nitrogen and oxygen atoms in total. The minimum Gasteiger partial charge on any atom is -0.369 e. The van der Waals surface area contributed by atoms with Gasteiger partial charge >= 0.3 is 0 Å². The molecule has 0 radical (unpaired) electrons. The van der Waals surface area contributed by atoms with Crippen LogP contribution in [0.25, 0.3) is 0 Å². The van der Waals surface area contributed by atoms with E-state index < -0.39 is 0 Å². The zero-order valence-electron chi connectivity index (χ0n) is 10.2. The van der Waals surface area contributed by atoms with Gasteiger partial charge in [0.25, 0.3) is 0 Å². The van der Waals surface area contributed by atoms with E-state index in [2.05, 4.69) is 43.1 Å². The van der Waals surface area contributed by atoms with Gasteiger partial charge in [-0.2, -0.15) is 0 Å². The van der Waals surface area contributed by atoms with E-state index in [1.807, 2.05) is 18.2 Å². The van der Waals surface area contributed by atoms with Gasteiger partial charge in [-0.15, -0.1) is 0 Å². The highest BCUT2D eigenvalue weighted by Gasteiger charge is 2.05. The molecule has 0 fully saturated rings. The number of halogens is 1. The predicted molar refractivity (Wildman–Crippen MR) is 75.6 cm³/mol. The lowest BCUT2D eigenvalue weighted by Crippen LogP contribution is -2.06. The van der Waals surface area contributed by atoms with Gasteiger partial charge in [-0.1, -0.05) is 13.0 Å². The van der Waals surface area contributed by atoms with Crippen molar-refractivity contribution >= 4 is 21.7 Å². The molecule has 0 amide bonds. The standard InChI is InChI=1S/C13H15BrN4/c1-2-6-16-13-11(14)9-17-12(18-13)8-10-5-3-4-7-15-10/h3-5,7,9H,2,6,8H2,1H3,(H,16,17,18). The Morgan fingerprint density at radius 1 is 1.28 bits per heavy atom. The molecule has 5 heteroatoms. The second kappa shape index (κ2) is 6.44. The molecule has 2 aromatic heterocycles. The third-order valence-corrected chi connectivity index (χ3v) is 2.98. The summed E-state index contributed by atoms with van der Waals surface area (Å²) in [6.07, 6.45) is 5.27. The van der Waals surface area contributed by atoms with Crippen molar-refractivity contribution in [1.82, 2.24) is 15.0 Å². The summed E-state index contributed by atoms with van der Waals surface area (Å²) in [7, 11) is 0. The maximum Gasteiger partial charge on any atom is 0.144 e. The third-order valence-electron chi connectivity index (χ3n) is 2.40. The molecule has 2 rings (SSSR count). The molecule has 0 bridgehead atoms. The zero-order valence-corrected chi connectivity index (χ0v) is 11.8. The highest BCUT2D eigenvalue weighted by molar-refractivity contribution is 9.10. The van der Waals surface area contributed by atoms with Crippen LogP contribution in [0.5, 0.6) is 0 Å². The Labute approximate surface area is 115 Å². The smallest absolute Gasteiger partial charge is 0.144 e. The van der Waals surface area contributed by atoms with Crippen LogP contribution < -0.4 is 5.32 Å². The van der Waals surface area contributed by atoms with E-state index in [1.54, 1.807) is 12.4 Å². The topological polar surface area (TPSA) is 50.7 Å². The Kier molecular flexibility index (Phi) is 4.64. The molecule has 0 aromatic carbocycles. The van der Waals surface area contributed by atoms with Crippen molar-refractivity contribution in [1.29, 1.82) is 0 Å². The van der Waals surface area contributed by atoms with Crippen molar-refractivity contribution in [2.75, 3.05) is 11.9 Å². The molecule has 0 spiro atoms. The monoisotopic (exact) mass is 306 g/mol. The highest BCUT2D eigenvalue weighted by Crippen LogP contribution is 2.19. The highest BCUT2D eigenvalue weighted by atomic mass is 79.9. The van der Waals surface area contributed by atoms with E-state index in [4.69, 9.17) is 0 Å². The Balaban J connectivity index is 2.14. The van der Waals surface area contributed by atoms with Gasteiger partial charge in [0, 0.05) is 24.6 Å². The number of nitrogens with zero attached hydrogens (tertiary/aromatic N) is 3. The summed E-state index contributed by atoms with van der Waals surface area (Å²) in [5.74, 6) is 1.62. The number of anilines is 1. The van der Waals surface area contributed by atoms with Gasteiger partial charge in [0.05, 0.1) is 10.9 Å². The Bertz CT molecular complexity index is 502. The Morgan fingerprint density at radius 3 is 2.89 bits per heavy atom. The van der Waals surface area contributed by atoms with Crippen molar-refractivity contribution in [2.45, 2.75) is 19.8 Å². The molecular weight excluding hydrogens is 292 g/mol. The summed E-state index contributed by atoms with van der Waals surface area (Å²) < 4.78 is 0.890. The molecule has 0 saturated heterocycles. The molecule has 0 unspecified atom stereocenters. The zero-order chi connectivity index (χ0) is 12.8. The van der Waals surface area contributed by atoms with Crippen molar-refractivity contribution in [3.05, 3.63) is 46.6 Å². The average Bonchev–Trinajstić information content (AvgIpc) is 2.40. The lowest BCUT2D eigenvalue weighted by atomic mass is 10.2. The van der Waals surface area contributed by atoms with E-state index in [0.29, 0.717) is 6.42 Å². The summed E-state index contributed by atoms with van der Waals surface area (Å²) in [4.78, 5) is 13.1. The maximum atomic E-state index is 4.50.